The molecule has 1 amide bonds. The summed E-state index contributed by atoms with van der Waals surface area (Å²) < 4.78 is 2.01. The van der Waals surface area contributed by atoms with Crippen molar-refractivity contribution in [3.05, 3.63) is 59.8 Å². The number of hydrogen-bond acceptors (Lipinski definition) is 4. The van der Waals surface area contributed by atoms with Crippen molar-refractivity contribution in [2.45, 2.75) is 45.7 Å². The molecule has 0 atom stereocenters. The number of benzene rings is 2. The Labute approximate surface area is 222 Å². The first-order chi connectivity index (χ1) is 17.3. The number of fused-ring (bicyclic) bond motifs is 1. The number of nitrogens with one attached hydrogen (secondary N) is 1. The first kappa shape index (κ1) is 26.3. The highest BCUT2D eigenvalue weighted by molar-refractivity contribution is 7.99. The number of rotatable bonds is 11. The summed E-state index contributed by atoms with van der Waals surface area (Å²) in [5, 5.41) is 11.5. The number of nitrogens with zero attached hydrogens (tertiary/aromatic N) is 4. The van der Waals surface area contributed by atoms with Gasteiger partial charge in [0.05, 0.1) is 5.75 Å². The van der Waals surface area contributed by atoms with Crippen molar-refractivity contribution in [1.29, 1.82) is 0 Å². The van der Waals surface area contributed by atoms with Crippen molar-refractivity contribution in [3.8, 4) is 17.1 Å². The summed E-state index contributed by atoms with van der Waals surface area (Å²) in [6.07, 6.45) is 3.96. The van der Waals surface area contributed by atoms with Gasteiger partial charge in [-0.3, -0.25) is 9.36 Å². The minimum absolute atomic E-state index is 0.139. The minimum atomic E-state index is 0.139. The van der Waals surface area contributed by atoms with Gasteiger partial charge in [0, 0.05) is 46.5 Å². The summed E-state index contributed by atoms with van der Waals surface area (Å²) in [6, 6.07) is 15.7. The number of para-hydroxylation sites is 1. The van der Waals surface area contributed by atoms with Crippen molar-refractivity contribution in [1.82, 2.24) is 24.6 Å². The molecule has 0 aliphatic rings. The van der Waals surface area contributed by atoms with E-state index in [1.807, 2.05) is 58.1 Å². The van der Waals surface area contributed by atoms with Gasteiger partial charge in [0.25, 0.3) is 0 Å². The highest BCUT2D eigenvalue weighted by Crippen LogP contribution is 2.33. The van der Waals surface area contributed by atoms with E-state index in [9.17, 15) is 4.79 Å². The Morgan fingerprint density at radius 3 is 2.33 bits per heavy atom. The van der Waals surface area contributed by atoms with Gasteiger partial charge < -0.3 is 9.88 Å². The van der Waals surface area contributed by atoms with Gasteiger partial charge in [-0.2, -0.15) is 0 Å². The van der Waals surface area contributed by atoms with Crippen LogP contribution in [0.25, 0.3) is 28.0 Å². The quantitative estimate of drug-likeness (QED) is 0.213. The average Bonchev–Trinajstić information content (AvgIpc) is 3.46. The smallest absolute Gasteiger partial charge is 0.233 e. The molecular formula is C28H34ClN5OS. The summed E-state index contributed by atoms with van der Waals surface area (Å²) in [5.41, 5.74) is 2.89. The Bertz CT molecular complexity index is 1280. The topological polar surface area (TPSA) is 66.8 Å². The normalized spacial score (nSPS) is 11.6. The van der Waals surface area contributed by atoms with Crippen LogP contribution in [0.1, 0.15) is 40.5 Å². The maximum atomic E-state index is 13.3. The summed E-state index contributed by atoms with van der Waals surface area (Å²) in [7, 11) is 0. The number of aromatic amines is 1. The Morgan fingerprint density at radius 1 is 1.00 bits per heavy atom. The van der Waals surface area contributed by atoms with Gasteiger partial charge in [0.1, 0.15) is 0 Å². The second-order valence-electron chi connectivity index (χ2n) is 9.90. The number of H-pyrrole nitrogens is 1. The first-order valence-electron chi connectivity index (χ1n) is 12.5. The van der Waals surface area contributed by atoms with Crippen LogP contribution >= 0.6 is 23.4 Å². The Hall–Kier alpha value is -2.77. The third-order valence-corrected chi connectivity index (χ3v) is 7.34. The molecule has 0 unspecified atom stereocenters. The second kappa shape index (κ2) is 12.0. The van der Waals surface area contributed by atoms with Crippen molar-refractivity contribution < 1.29 is 4.79 Å². The summed E-state index contributed by atoms with van der Waals surface area (Å²) in [4.78, 5) is 18.6. The molecule has 8 heteroatoms. The van der Waals surface area contributed by atoms with Gasteiger partial charge in [-0.05, 0) is 55.0 Å². The SMILES string of the molecule is CC(C)CCN(CCC(C)C)C(=O)CSc1nnc(-c2c[nH]c3ccccc23)n1-c1ccc(Cl)cc1. The number of hydrogen-bond donors (Lipinski definition) is 1. The van der Waals surface area contributed by atoms with E-state index in [-0.39, 0.29) is 5.91 Å². The Kier molecular flexibility index (Phi) is 8.75. The molecule has 0 saturated carbocycles. The van der Waals surface area contributed by atoms with Crippen LogP contribution in [0, 0.1) is 11.8 Å². The Morgan fingerprint density at radius 2 is 1.67 bits per heavy atom. The third-order valence-electron chi connectivity index (χ3n) is 6.18. The summed E-state index contributed by atoms with van der Waals surface area (Å²) in [6.45, 7) is 10.4. The van der Waals surface area contributed by atoms with Crippen LogP contribution in [0.5, 0.6) is 0 Å². The molecule has 1 N–H and O–H groups in total. The zero-order valence-electron chi connectivity index (χ0n) is 21.4. The van der Waals surface area contributed by atoms with E-state index in [2.05, 4.69) is 48.9 Å². The minimum Gasteiger partial charge on any atom is -0.360 e. The lowest BCUT2D eigenvalue weighted by Gasteiger charge is -2.24. The highest BCUT2D eigenvalue weighted by atomic mass is 35.5. The maximum absolute atomic E-state index is 13.3. The fourth-order valence-electron chi connectivity index (χ4n) is 4.02. The predicted molar refractivity (Wildman–Crippen MR) is 150 cm³/mol. The van der Waals surface area contributed by atoms with Crippen LogP contribution in [0.3, 0.4) is 0 Å². The number of thioether (sulfide) groups is 1. The predicted octanol–water partition coefficient (Wildman–Crippen LogP) is 7.08. The van der Waals surface area contributed by atoms with Crippen molar-refractivity contribution in [3.63, 3.8) is 0 Å². The molecule has 0 saturated heterocycles. The Balaban J connectivity index is 1.62. The standard InChI is InChI=1S/C28H34ClN5OS/c1-19(2)13-15-33(16-14-20(3)4)26(35)18-36-28-32-31-27(34(28)22-11-9-21(29)10-12-22)24-17-30-25-8-6-5-7-23(24)25/h5-12,17,19-20,30H,13-16,18H2,1-4H3. The lowest BCUT2D eigenvalue weighted by molar-refractivity contribution is -0.128. The molecule has 0 radical (unpaired) electrons. The summed E-state index contributed by atoms with van der Waals surface area (Å²) >= 11 is 7.60. The van der Waals surface area contributed by atoms with Crippen LogP contribution in [-0.2, 0) is 4.79 Å². The van der Waals surface area contributed by atoms with Gasteiger partial charge in [-0.25, -0.2) is 0 Å². The first-order valence-corrected chi connectivity index (χ1v) is 13.9. The molecular weight excluding hydrogens is 490 g/mol. The molecule has 36 heavy (non-hydrogen) atoms. The van der Waals surface area contributed by atoms with Gasteiger partial charge >= 0.3 is 0 Å². The molecule has 0 fully saturated rings. The number of amides is 1. The zero-order valence-corrected chi connectivity index (χ0v) is 22.9. The van der Waals surface area contributed by atoms with Crippen LogP contribution in [0.4, 0.5) is 0 Å². The van der Waals surface area contributed by atoms with E-state index in [1.165, 1.54) is 11.8 Å². The molecule has 2 aromatic carbocycles. The number of aromatic nitrogens is 4. The van der Waals surface area contributed by atoms with Crippen LogP contribution in [-0.4, -0.2) is 49.4 Å². The van der Waals surface area contributed by atoms with Gasteiger partial charge in [0.15, 0.2) is 11.0 Å². The van der Waals surface area contributed by atoms with Crippen molar-refractivity contribution in [2.75, 3.05) is 18.8 Å². The zero-order chi connectivity index (χ0) is 25.7. The molecule has 2 aromatic heterocycles. The van der Waals surface area contributed by atoms with E-state index >= 15 is 0 Å². The molecule has 4 aromatic rings. The van der Waals surface area contributed by atoms with E-state index in [0.29, 0.717) is 27.8 Å². The van der Waals surface area contributed by atoms with Crippen LogP contribution in [0.15, 0.2) is 59.9 Å². The number of carbonyl (C=O) groups is 1. The van der Waals surface area contributed by atoms with Crippen molar-refractivity contribution in [2.24, 2.45) is 11.8 Å². The molecule has 4 rings (SSSR count). The summed E-state index contributed by atoms with van der Waals surface area (Å²) in [5.74, 6) is 2.29. The van der Waals surface area contributed by atoms with E-state index in [1.54, 1.807) is 0 Å². The lowest BCUT2D eigenvalue weighted by Crippen LogP contribution is -2.35. The average molecular weight is 524 g/mol. The van der Waals surface area contributed by atoms with Crippen LogP contribution in [0.2, 0.25) is 5.02 Å². The third kappa shape index (κ3) is 6.31. The van der Waals surface area contributed by atoms with E-state index in [0.717, 1.165) is 53.9 Å². The molecule has 0 aliphatic heterocycles. The lowest BCUT2D eigenvalue weighted by atomic mass is 10.1. The van der Waals surface area contributed by atoms with Gasteiger partial charge in [-0.1, -0.05) is 69.3 Å². The molecule has 6 nitrogen and oxygen atoms in total. The molecule has 0 spiro atoms. The molecule has 190 valence electrons. The van der Waals surface area contributed by atoms with Gasteiger partial charge in [0.2, 0.25) is 5.91 Å². The number of carbonyl (C=O) groups excluding carboxylic acids is 1. The second-order valence-corrected chi connectivity index (χ2v) is 11.3. The maximum Gasteiger partial charge on any atom is 0.233 e. The molecule has 0 bridgehead atoms. The largest absolute Gasteiger partial charge is 0.360 e. The van der Waals surface area contributed by atoms with Crippen LogP contribution < -0.4 is 0 Å². The number of halogens is 1. The highest BCUT2D eigenvalue weighted by Gasteiger charge is 2.21. The molecule has 0 aliphatic carbocycles. The van der Waals surface area contributed by atoms with Crippen molar-refractivity contribution >= 4 is 40.2 Å². The van der Waals surface area contributed by atoms with Gasteiger partial charge in [-0.15, -0.1) is 10.2 Å². The monoisotopic (exact) mass is 523 g/mol. The fraction of sp³-hybridized carbons (Fsp3) is 0.393. The van der Waals surface area contributed by atoms with E-state index in [4.69, 9.17) is 11.6 Å². The fourth-order valence-corrected chi connectivity index (χ4v) is 5.00. The van der Waals surface area contributed by atoms with E-state index < -0.39 is 0 Å². The molecule has 2 heterocycles.